The van der Waals surface area contributed by atoms with E-state index in [0.29, 0.717) is 5.76 Å². The minimum Gasteiger partial charge on any atom is -0.385 e. The first kappa shape index (κ1) is 18.0. The van der Waals surface area contributed by atoms with E-state index in [1.807, 2.05) is 55.5 Å². The van der Waals surface area contributed by atoms with Crippen LogP contribution in [0.1, 0.15) is 60.4 Å². The van der Waals surface area contributed by atoms with E-state index in [4.69, 9.17) is 9.52 Å². The molecular weight excluding hydrogens is 364 g/mol. The molecule has 2 aromatic carbocycles. The Morgan fingerprint density at radius 1 is 1.14 bits per heavy atom. The van der Waals surface area contributed by atoms with Crippen LogP contribution in [0, 0.1) is 6.92 Å². The topological polar surface area (TPSA) is 75.7 Å². The Morgan fingerprint density at radius 2 is 1.83 bits per heavy atom. The number of benzene rings is 2. The van der Waals surface area contributed by atoms with Gasteiger partial charge < -0.3 is 9.63 Å². The summed E-state index contributed by atoms with van der Waals surface area (Å²) in [4.78, 5) is 16.9. The molecule has 0 spiro atoms. The molecule has 5 nitrogen and oxygen atoms in total. The molecule has 1 atom stereocenters. The average molecular weight is 386 g/mol. The minimum absolute atomic E-state index is 0.0513. The van der Waals surface area contributed by atoms with E-state index < -0.39 is 11.6 Å². The van der Waals surface area contributed by atoms with Crippen molar-refractivity contribution in [1.82, 2.24) is 5.16 Å². The molecule has 1 aromatic heterocycles. The number of hydrogen-bond donors (Lipinski definition) is 1. The zero-order valence-electron chi connectivity index (χ0n) is 16.5. The zero-order valence-corrected chi connectivity index (χ0v) is 16.5. The average Bonchev–Trinajstić information content (AvgIpc) is 3.38. The van der Waals surface area contributed by atoms with Gasteiger partial charge in [-0.05, 0) is 37.8 Å². The normalized spacial score (nSPS) is 19.0. The summed E-state index contributed by atoms with van der Waals surface area (Å²) in [5.41, 5.74) is 5.78. The Morgan fingerprint density at radius 3 is 2.48 bits per heavy atom. The lowest BCUT2D eigenvalue weighted by atomic mass is 9.92. The van der Waals surface area contributed by atoms with Gasteiger partial charge in [-0.1, -0.05) is 53.7 Å². The number of aromatic nitrogens is 1. The molecule has 1 saturated carbocycles. The van der Waals surface area contributed by atoms with E-state index in [2.05, 4.69) is 5.16 Å². The summed E-state index contributed by atoms with van der Waals surface area (Å²) in [6.07, 6.45) is 1.88. The number of aliphatic imine (C=N–C) groups is 1. The second kappa shape index (κ2) is 6.49. The SMILES string of the molecule is CC(=O)C[C@@H]1N=C(c2ccc(C3(O)CC3)cc2)c2ccccc2-c2c(C)noc21. The highest BCUT2D eigenvalue weighted by Crippen LogP contribution is 2.45. The van der Waals surface area contributed by atoms with Crippen LogP contribution in [0.25, 0.3) is 11.1 Å². The predicted molar refractivity (Wildman–Crippen MR) is 110 cm³/mol. The van der Waals surface area contributed by atoms with E-state index >= 15 is 0 Å². The van der Waals surface area contributed by atoms with Crippen LogP contribution < -0.4 is 0 Å². The van der Waals surface area contributed by atoms with Crippen LogP contribution in [-0.2, 0) is 10.4 Å². The first-order valence-electron chi connectivity index (χ1n) is 9.93. The van der Waals surface area contributed by atoms with Gasteiger partial charge in [0.1, 0.15) is 11.8 Å². The van der Waals surface area contributed by atoms with E-state index in [1.54, 1.807) is 6.92 Å². The van der Waals surface area contributed by atoms with Gasteiger partial charge in [0.15, 0.2) is 5.76 Å². The maximum Gasteiger partial charge on any atom is 0.169 e. The maximum atomic E-state index is 12.0. The Balaban J connectivity index is 1.69. The van der Waals surface area contributed by atoms with Gasteiger partial charge in [0.2, 0.25) is 0 Å². The largest absolute Gasteiger partial charge is 0.385 e. The van der Waals surface area contributed by atoms with Crippen molar-refractivity contribution in [3.8, 4) is 11.1 Å². The van der Waals surface area contributed by atoms with Crippen molar-refractivity contribution >= 4 is 11.5 Å². The third kappa shape index (κ3) is 3.02. The van der Waals surface area contributed by atoms with Crippen molar-refractivity contribution in [1.29, 1.82) is 0 Å². The number of fused-ring (bicyclic) bond motifs is 3. The summed E-state index contributed by atoms with van der Waals surface area (Å²) in [6, 6.07) is 15.6. The molecule has 146 valence electrons. The first-order chi connectivity index (χ1) is 14.0. The lowest BCUT2D eigenvalue weighted by Crippen LogP contribution is -2.09. The molecule has 0 bridgehead atoms. The van der Waals surface area contributed by atoms with E-state index in [-0.39, 0.29) is 12.2 Å². The highest BCUT2D eigenvalue weighted by atomic mass is 16.5. The van der Waals surface area contributed by atoms with Gasteiger partial charge in [-0.15, -0.1) is 0 Å². The van der Waals surface area contributed by atoms with Crippen LogP contribution >= 0.6 is 0 Å². The Labute approximate surface area is 169 Å². The molecule has 5 heteroatoms. The second-order valence-corrected chi connectivity index (χ2v) is 8.06. The monoisotopic (exact) mass is 386 g/mol. The number of hydrogen-bond acceptors (Lipinski definition) is 5. The lowest BCUT2D eigenvalue weighted by Gasteiger charge is -2.13. The molecule has 2 aliphatic rings. The van der Waals surface area contributed by atoms with Crippen molar-refractivity contribution in [2.45, 2.75) is 44.8 Å². The van der Waals surface area contributed by atoms with Crippen LogP contribution in [0.5, 0.6) is 0 Å². The van der Waals surface area contributed by atoms with E-state index in [9.17, 15) is 9.90 Å². The van der Waals surface area contributed by atoms with Crippen molar-refractivity contribution in [2.75, 3.05) is 0 Å². The van der Waals surface area contributed by atoms with Gasteiger partial charge in [0.05, 0.1) is 22.6 Å². The molecule has 0 radical (unpaired) electrons. The molecule has 0 saturated heterocycles. The number of carbonyl (C=O) groups is 1. The summed E-state index contributed by atoms with van der Waals surface area (Å²) >= 11 is 0. The van der Waals surface area contributed by atoms with Crippen molar-refractivity contribution in [3.05, 3.63) is 76.7 Å². The van der Waals surface area contributed by atoms with Crippen LogP contribution in [0.4, 0.5) is 0 Å². The third-order valence-electron chi connectivity index (χ3n) is 5.83. The Hall–Kier alpha value is -3.05. The number of nitrogens with zero attached hydrogens (tertiary/aromatic N) is 2. The van der Waals surface area contributed by atoms with Gasteiger partial charge in [-0.3, -0.25) is 9.79 Å². The molecule has 3 aromatic rings. The van der Waals surface area contributed by atoms with Crippen LogP contribution in [0.3, 0.4) is 0 Å². The number of Topliss-reactive ketones (excluding diaryl/α,β-unsaturated/α-hetero) is 1. The standard InChI is InChI=1S/C24H22N2O3/c1-14(27)13-20-23-21(15(2)26-29-23)18-5-3-4-6-19(18)22(25-20)16-7-9-17(10-8-16)24(28)11-12-24/h3-10,20,28H,11-13H2,1-2H3/t20-/m0/s1. The summed E-state index contributed by atoms with van der Waals surface area (Å²) in [6.45, 7) is 3.49. The van der Waals surface area contributed by atoms with Gasteiger partial charge >= 0.3 is 0 Å². The summed E-state index contributed by atoms with van der Waals surface area (Å²) in [5.74, 6) is 0.694. The summed E-state index contributed by atoms with van der Waals surface area (Å²) in [7, 11) is 0. The highest BCUT2D eigenvalue weighted by Gasteiger charge is 2.42. The van der Waals surface area contributed by atoms with Gasteiger partial charge in [0, 0.05) is 17.5 Å². The van der Waals surface area contributed by atoms with Crippen LogP contribution in [0.15, 0.2) is 58.0 Å². The molecule has 1 fully saturated rings. The van der Waals surface area contributed by atoms with Gasteiger partial charge in [-0.25, -0.2) is 0 Å². The highest BCUT2D eigenvalue weighted by molar-refractivity contribution is 6.17. The number of ketones is 1. The zero-order chi connectivity index (χ0) is 20.2. The molecule has 5 rings (SSSR count). The lowest BCUT2D eigenvalue weighted by molar-refractivity contribution is -0.117. The van der Waals surface area contributed by atoms with Crippen molar-refractivity contribution in [3.63, 3.8) is 0 Å². The Bertz CT molecular complexity index is 1140. The first-order valence-corrected chi connectivity index (χ1v) is 9.93. The quantitative estimate of drug-likeness (QED) is 0.716. The van der Waals surface area contributed by atoms with Gasteiger partial charge in [0.25, 0.3) is 0 Å². The Kier molecular flexibility index (Phi) is 4.03. The molecule has 2 heterocycles. The fourth-order valence-corrected chi connectivity index (χ4v) is 4.12. The van der Waals surface area contributed by atoms with Crippen molar-refractivity contribution in [2.24, 2.45) is 4.99 Å². The summed E-state index contributed by atoms with van der Waals surface area (Å²) in [5, 5.41) is 14.5. The molecule has 1 aliphatic heterocycles. The number of carbonyl (C=O) groups excluding carboxylic acids is 1. The third-order valence-corrected chi connectivity index (χ3v) is 5.83. The molecule has 1 aliphatic carbocycles. The van der Waals surface area contributed by atoms with Crippen molar-refractivity contribution < 1.29 is 14.4 Å². The number of aliphatic hydroxyl groups is 1. The molecule has 29 heavy (non-hydrogen) atoms. The fraction of sp³-hybridized carbons (Fsp3) is 0.292. The van der Waals surface area contributed by atoms with E-state index in [0.717, 1.165) is 52.1 Å². The maximum absolute atomic E-state index is 12.0. The fourth-order valence-electron chi connectivity index (χ4n) is 4.12. The van der Waals surface area contributed by atoms with Crippen LogP contribution in [-0.4, -0.2) is 21.8 Å². The van der Waals surface area contributed by atoms with Gasteiger partial charge in [-0.2, -0.15) is 0 Å². The minimum atomic E-state index is -0.664. The number of aryl methyl sites for hydroxylation is 1. The molecule has 0 unspecified atom stereocenters. The second-order valence-electron chi connectivity index (χ2n) is 8.06. The smallest absolute Gasteiger partial charge is 0.169 e. The molecule has 0 amide bonds. The predicted octanol–water partition coefficient (Wildman–Crippen LogP) is 4.50. The molecular formula is C24H22N2O3. The molecule has 1 N–H and O–H groups in total. The number of rotatable bonds is 4. The van der Waals surface area contributed by atoms with Crippen LogP contribution in [0.2, 0.25) is 0 Å². The summed E-state index contributed by atoms with van der Waals surface area (Å²) < 4.78 is 5.65. The van der Waals surface area contributed by atoms with E-state index in [1.165, 1.54) is 0 Å².